The molecule has 3 atom stereocenters. The molecule has 5 rings (SSSR count). The van der Waals surface area contributed by atoms with E-state index in [9.17, 15) is 13.5 Å². The number of hydrogen-bond donors (Lipinski definition) is 1. The number of aliphatic hydroxyl groups excluding tert-OH is 1. The van der Waals surface area contributed by atoms with Crippen molar-refractivity contribution in [1.29, 1.82) is 0 Å². The van der Waals surface area contributed by atoms with Crippen molar-refractivity contribution >= 4 is 10.0 Å². The van der Waals surface area contributed by atoms with Crippen LogP contribution in [-0.2, 0) is 10.0 Å². The van der Waals surface area contributed by atoms with Crippen molar-refractivity contribution in [1.82, 2.24) is 9.21 Å². The number of ether oxygens (including phenoxy) is 1. The molecule has 0 aliphatic carbocycles. The normalized spacial score (nSPS) is 23.2. The van der Waals surface area contributed by atoms with Crippen molar-refractivity contribution < 1.29 is 18.3 Å². The van der Waals surface area contributed by atoms with Crippen LogP contribution in [0, 0.1) is 6.92 Å². The van der Waals surface area contributed by atoms with Crippen LogP contribution in [0.1, 0.15) is 29.9 Å². The summed E-state index contributed by atoms with van der Waals surface area (Å²) < 4.78 is 34.5. The molecule has 2 fully saturated rings. The van der Waals surface area contributed by atoms with Crippen molar-refractivity contribution in [3.8, 4) is 16.9 Å². The van der Waals surface area contributed by atoms with Gasteiger partial charge in [0.1, 0.15) is 5.75 Å². The number of para-hydroxylation sites is 1. The van der Waals surface area contributed by atoms with E-state index in [1.54, 1.807) is 23.5 Å². The average molecular weight is 507 g/mol. The van der Waals surface area contributed by atoms with Gasteiger partial charge in [-0.1, -0.05) is 60.7 Å². The molecule has 7 heteroatoms. The number of methoxy groups -OCH3 is 1. The van der Waals surface area contributed by atoms with Crippen molar-refractivity contribution in [2.45, 2.75) is 42.7 Å². The van der Waals surface area contributed by atoms with Gasteiger partial charge in [0.05, 0.1) is 18.6 Å². The van der Waals surface area contributed by atoms with Gasteiger partial charge in [0, 0.05) is 36.7 Å². The van der Waals surface area contributed by atoms with Gasteiger partial charge in [0.15, 0.2) is 0 Å². The Bertz CT molecular complexity index is 1310. The van der Waals surface area contributed by atoms with Crippen LogP contribution >= 0.6 is 0 Å². The molecule has 36 heavy (non-hydrogen) atoms. The van der Waals surface area contributed by atoms with Crippen molar-refractivity contribution in [2.75, 3.05) is 33.4 Å². The Morgan fingerprint density at radius 2 is 1.64 bits per heavy atom. The summed E-state index contributed by atoms with van der Waals surface area (Å²) in [6, 6.07) is 23.6. The number of aliphatic hydroxyl groups is 1. The molecule has 0 bridgehead atoms. The van der Waals surface area contributed by atoms with Gasteiger partial charge in [0.2, 0.25) is 10.0 Å². The highest BCUT2D eigenvalue weighted by Gasteiger charge is 2.50. The highest BCUT2D eigenvalue weighted by molar-refractivity contribution is 7.89. The minimum Gasteiger partial charge on any atom is -0.496 e. The van der Waals surface area contributed by atoms with E-state index in [1.807, 2.05) is 43.3 Å². The average Bonchev–Trinajstić information content (AvgIpc) is 2.88. The Labute approximate surface area is 214 Å². The second-order valence-electron chi connectivity index (χ2n) is 9.74. The van der Waals surface area contributed by atoms with Crippen LogP contribution in [0.25, 0.3) is 11.1 Å². The maximum Gasteiger partial charge on any atom is 0.243 e. The summed E-state index contributed by atoms with van der Waals surface area (Å²) in [7, 11) is -1.93. The molecule has 0 amide bonds. The molecule has 0 saturated carbocycles. The molecule has 2 aliphatic rings. The Morgan fingerprint density at radius 1 is 0.944 bits per heavy atom. The van der Waals surface area contributed by atoms with E-state index in [4.69, 9.17) is 4.74 Å². The van der Waals surface area contributed by atoms with Crippen molar-refractivity contribution in [3.63, 3.8) is 0 Å². The van der Waals surface area contributed by atoms with Crippen LogP contribution in [-0.4, -0.2) is 68.2 Å². The Hall–Kier alpha value is -2.71. The highest BCUT2D eigenvalue weighted by Crippen LogP contribution is 2.43. The van der Waals surface area contributed by atoms with Crippen LogP contribution in [0.5, 0.6) is 5.75 Å². The molecule has 2 aliphatic heterocycles. The van der Waals surface area contributed by atoms with Crippen LogP contribution < -0.4 is 4.74 Å². The Morgan fingerprint density at radius 3 is 2.36 bits per heavy atom. The Kier molecular flexibility index (Phi) is 7.17. The first-order valence-electron chi connectivity index (χ1n) is 12.6. The number of rotatable bonds is 6. The molecule has 0 spiro atoms. The van der Waals surface area contributed by atoms with Gasteiger partial charge < -0.3 is 9.84 Å². The fraction of sp³-hybridized carbons (Fsp3) is 0.379. The lowest BCUT2D eigenvalue weighted by atomic mass is 9.74. The predicted molar refractivity (Wildman–Crippen MR) is 142 cm³/mol. The summed E-state index contributed by atoms with van der Waals surface area (Å²) in [5.74, 6) is 0.889. The van der Waals surface area contributed by atoms with E-state index in [0.717, 1.165) is 47.4 Å². The zero-order valence-electron chi connectivity index (χ0n) is 20.9. The second-order valence-corrected chi connectivity index (χ2v) is 11.6. The summed E-state index contributed by atoms with van der Waals surface area (Å²) in [5, 5.41) is 10.3. The standard InChI is InChI=1S/C29H34N2O4S/c1-21-9-3-6-12-28(21)36(33,34)30-17-7-8-18-31-25(19-30)29(26(31)20-32)23-15-13-22(14-16-23)24-10-4-5-11-27(24)35-2/h3-6,9-16,25-26,29,32H,7-8,17-20H2,1-2H3/t25-,26?,29-/m0/s1. The molecule has 190 valence electrons. The number of sulfonamides is 1. The van der Waals surface area contributed by atoms with Crippen LogP contribution in [0.3, 0.4) is 0 Å². The molecular weight excluding hydrogens is 472 g/mol. The minimum absolute atomic E-state index is 0.00627. The predicted octanol–water partition coefficient (Wildman–Crippen LogP) is 4.28. The van der Waals surface area contributed by atoms with Crippen LogP contribution in [0.2, 0.25) is 0 Å². The lowest BCUT2D eigenvalue weighted by Crippen LogP contribution is -2.67. The summed E-state index contributed by atoms with van der Waals surface area (Å²) in [6.07, 6.45) is 1.72. The first kappa shape index (κ1) is 25.0. The van der Waals surface area contributed by atoms with Gasteiger partial charge in [-0.3, -0.25) is 4.90 Å². The molecule has 1 N–H and O–H groups in total. The third-order valence-corrected chi connectivity index (χ3v) is 9.78. The fourth-order valence-electron chi connectivity index (χ4n) is 5.88. The van der Waals surface area contributed by atoms with Gasteiger partial charge in [-0.25, -0.2) is 8.42 Å². The van der Waals surface area contributed by atoms with E-state index < -0.39 is 10.0 Å². The summed E-state index contributed by atoms with van der Waals surface area (Å²) in [4.78, 5) is 2.69. The van der Waals surface area contributed by atoms with Gasteiger partial charge in [0.25, 0.3) is 0 Å². The number of hydrogen-bond acceptors (Lipinski definition) is 5. The SMILES string of the molecule is COc1ccccc1-c1ccc([C@@H]2C(CO)N3CCCCN(S(=O)(=O)c4ccccc4C)C[C@@H]23)cc1. The Balaban J connectivity index is 1.44. The van der Waals surface area contributed by atoms with Crippen LogP contribution in [0.4, 0.5) is 0 Å². The first-order valence-corrected chi connectivity index (χ1v) is 14.1. The topological polar surface area (TPSA) is 70.1 Å². The van der Waals surface area contributed by atoms with Crippen LogP contribution in [0.15, 0.2) is 77.7 Å². The second kappa shape index (κ2) is 10.3. The molecule has 0 aromatic heterocycles. The highest BCUT2D eigenvalue weighted by atomic mass is 32.2. The zero-order chi connectivity index (χ0) is 25.3. The lowest BCUT2D eigenvalue weighted by Gasteiger charge is -2.57. The summed E-state index contributed by atoms with van der Waals surface area (Å²) in [5.41, 5.74) is 3.99. The molecule has 3 aromatic carbocycles. The largest absolute Gasteiger partial charge is 0.496 e. The minimum atomic E-state index is -3.60. The number of fused-ring (bicyclic) bond motifs is 1. The van der Waals surface area contributed by atoms with E-state index in [0.29, 0.717) is 18.0 Å². The number of nitrogens with zero attached hydrogens (tertiary/aromatic N) is 2. The lowest BCUT2D eigenvalue weighted by molar-refractivity contribution is -0.0553. The monoisotopic (exact) mass is 506 g/mol. The fourth-order valence-corrected chi connectivity index (χ4v) is 7.60. The molecule has 2 saturated heterocycles. The van der Waals surface area contributed by atoms with Gasteiger partial charge in [-0.2, -0.15) is 4.31 Å². The molecular formula is C29H34N2O4S. The summed E-state index contributed by atoms with van der Waals surface area (Å²) in [6.45, 7) is 3.72. The molecule has 2 heterocycles. The van der Waals surface area contributed by atoms with Gasteiger partial charge >= 0.3 is 0 Å². The number of benzene rings is 3. The van der Waals surface area contributed by atoms with Crippen molar-refractivity contribution in [2.24, 2.45) is 0 Å². The maximum atomic E-state index is 13.7. The number of aryl methyl sites for hydroxylation is 1. The van der Waals surface area contributed by atoms with E-state index in [-0.39, 0.29) is 24.6 Å². The zero-order valence-corrected chi connectivity index (χ0v) is 21.7. The molecule has 6 nitrogen and oxygen atoms in total. The molecule has 1 unspecified atom stereocenters. The maximum absolute atomic E-state index is 13.7. The quantitative estimate of drug-likeness (QED) is 0.540. The molecule has 3 aromatic rings. The third-order valence-electron chi connectivity index (χ3n) is 7.76. The smallest absolute Gasteiger partial charge is 0.243 e. The van der Waals surface area contributed by atoms with E-state index in [2.05, 4.69) is 29.2 Å². The molecule has 0 radical (unpaired) electrons. The first-order chi connectivity index (χ1) is 17.5. The van der Waals surface area contributed by atoms with E-state index in [1.165, 1.54) is 0 Å². The third kappa shape index (κ3) is 4.45. The van der Waals surface area contributed by atoms with Crippen molar-refractivity contribution in [3.05, 3.63) is 83.9 Å². The van der Waals surface area contributed by atoms with Gasteiger partial charge in [-0.15, -0.1) is 0 Å². The van der Waals surface area contributed by atoms with E-state index >= 15 is 0 Å². The summed E-state index contributed by atoms with van der Waals surface area (Å²) >= 11 is 0. The van der Waals surface area contributed by atoms with Gasteiger partial charge in [-0.05, 0) is 55.1 Å².